The maximum atomic E-state index is 6.13. The number of halogens is 2. The van der Waals surface area contributed by atoms with Crippen LogP contribution in [0.15, 0.2) is 24.3 Å². The molecule has 0 amide bonds. The molecule has 0 saturated heterocycles. The van der Waals surface area contributed by atoms with E-state index in [0.29, 0.717) is 33.3 Å². The van der Waals surface area contributed by atoms with Crippen LogP contribution in [-0.2, 0) is 0 Å². The van der Waals surface area contributed by atoms with Gasteiger partial charge in [0.05, 0.1) is 15.7 Å². The van der Waals surface area contributed by atoms with Crippen LogP contribution in [0.2, 0.25) is 10.0 Å². The normalized spacial score (nSPS) is 14.4. The summed E-state index contributed by atoms with van der Waals surface area (Å²) < 4.78 is 0. The molecule has 1 aliphatic rings. The highest BCUT2D eigenvalue weighted by Crippen LogP contribution is 2.39. The number of aromatic nitrogens is 2. The summed E-state index contributed by atoms with van der Waals surface area (Å²) in [5.74, 6) is 2.33. The first-order valence-electron chi connectivity index (χ1n) is 5.99. The zero-order valence-corrected chi connectivity index (χ0v) is 11.5. The zero-order chi connectivity index (χ0) is 13.4. The Morgan fingerprint density at radius 2 is 2.00 bits per heavy atom. The Kier molecular flexibility index (Phi) is 3.21. The fraction of sp³-hybridized carbons (Fsp3) is 0.231. The largest absolute Gasteiger partial charge is 0.384 e. The van der Waals surface area contributed by atoms with Gasteiger partial charge in [0.25, 0.3) is 0 Å². The maximum Gasteiger partial charge on any atom is 0.136 e. The molecule has 0 bridgehead atoms. The molecule has 1 aromatic carbocycles. The summed E-state index contributed by atoms with van der Waals surface area (Å²) in [5, 5.41) is 4.09. The molecule has 98 valence electrons. The van der Waals surface area contributed by atoms with E-state index in [-0.39, 0.29) is 0 Å². The monoisotopic (exact) mass is 294 g/mol. The standard InChI is InChI=1S/C13H12Cl2N4/c14-8-2-1-3-9(12(8)15)17-11-6-10(16)18-13(19-11)7-4-5-7/h1-3,6-7H,4-5H2,(H3,16,17,18,19). The number of nitrogens with two attached hydrogens (primary N) is 1. The molecule has 0 atom stereocenters. The van der Waals surface area contributed by atoms with Gasteiger partial charge in [-0.25, -0.2) is 9.97 Å². The van der Waals surface area contributed by atoms with Crippen molar-refractivity contribution in [2.24, 2.45) is 0 Å². The SMILES string of the molecule is Nc1cc(Nc2cccc(Cl)c2Cl)nc(C2CC2)n1. The van der Waals surface area contributed by atoms with Crippen molar-refractivity contribution in [2.45, 2.75) is 18.8 Å². The molecule has 0 radical (unpaired) electrons. The number of nitrogens with zero attached hydrogens (tertiary/aromatic N) is 2. The number of benzene rings is 1. The second-order valence-corrected chi connectivity index (χ2v) is 5.32. The predicted octanol–water partition coefficient (Wildman–Crippen LogP) is 3.99. The van der Waals surface area contributed by atoms with E-state index < -0.39 is 0 Å². The van der Waals surface area contributed by atoms with Crippen LogP contribution in [0.3, 0.4) is 0 Å². The number of rotatable bonds is 3. The van der Waals surface area contributed by atoms with Crippen LogP contribution in [0.1, 0.15) is 24.6 Å². The molecule has 3 N–H and O–H groups in total. The van der Waals surface area contributed by atoms with Gasteiger partial charge in [0.1, 0.15) is 17.5 Å². The quantitative estimate of drug-likeness (QED) is 0.898. The third-order valence-electron chi connectivity index (χ3n) is 2.92. The van der Waals surface area contributed by atoms with Crippen LogP contribution in [0.5, 0.6) is 0 Å². The first-order valence-corrected chi connectivity index (χ1v) is 6.74. The molecule has 1 aromatic heterocycles. The molecule has 1 heterocycles. The van der Waals surface area contributed by atoms with Gasteiger partial charge in [0.2, 0.25) is 0 Å². The van der Waals surface area contributed by atoms with Crippen molar-refractivity contribution in [1.29, 1.82) is 0 Å². The number of hydrogen-bond acceptors (Lipinski definition) is 4. The van der Waals surface area contributed by atoms with Crippen molar-refractivity contribution >= 4 is 40.5 Å². The summed E-state index contributed by atoms with van der Waals surface area (Å²) in [6.07, 6.45) is 2.25. The van der Waals surface area contributed by atoms with Crippen molar-refractivity contribution in [3.8, 4) is 0 Å². The lowest BCUT2D eigenvalue weighted by Crippen LogP contribution is -2.03. The van der Waals surface area contributed by atoms with E-state index >= 15 is 0 Å². The van der Waals surface area contributed by atoms with E-state index in [1.54, 1.807) is 12.1 Å². The van der Waals surface area contributed by atoms with Gasteiger partial charge in [-0.1, -0.05) is 29.3 Å². The third kappa shape index (κ3) is 2.74. The zero-order valence-electron chi connectivity index (χ0n) is 10.0. The molecule has 0 unspecified atom stereocenters. The van der Waals surface area contributed by atoms with E-state index in [9.17, 15) is 0 Å². The minimum atomic E-state index is 0.443. The van der Waals surface area contributed by atoms with Gasteiger partial charge < -0.3 is 11.1 Å². The van der Waals surface area contributed by atoms with Crippen molar-refractivity contribution < 1.29 is 0 Å². The second-order valence-electron chi connectivity index (χ2n) is 4.54. The maximum absolute atomic E-state index is 6.13. The number of hydrogen-bond donors (Lipinski definition) is 2. The highest BCUT2D eigenvalue weighted by molar-refractivity contribution is 6.43. The van der Waals surface area contributed by atoms with Crippen LogP contribution in [0, 0.1) is 0 Å². The Balaban J connectivity index is 1.92. The molecule has 1 fully saturated rings. The molecule has 19 heavy (non-hydrogen) atoms. The molecule has 4 nitrogen and oxygen atoms in total. The fourth-order valence-corrected chi connectivity index (χ4v) is 2.16. The van der Waals surface area contributed by atoms with Crippen LogP contribution in [0.25, 0.3) is 0 Å². The molecule has 0 aliphatic heterocycles. The van der Waals surface area contributed by atoms with Crippen LogP contribution in [0.4, 0.5) is 17.3 Å². The Hall–Kier alpha value is -1.52. The van der Waals surface area contributed by atoms with Gasteiger partial charge in [-0.15, -0.1) is 0 Å². The van der Waals surface area contributed by atoms with Gasteiger partial charge in [-0.05, 0) is 25.0 Å². The second kappa shape index (κ2) is 4.87. The molecular formula is C13H12Cl2N4. The molecular weight excluding hydrogens is 283 g/mol. The van der Waals surface area contributed by atoms with Gasteiger partial charge in [-0.2, -0.15) is 0 Å². The summed E-state index contributed by atoms with van der Waals surface area (Å²) in [7, 11) is 0. The van der Waals surface area contributed by atoms with Gasteiger partial charge in [0, 0.05) is 12.0 Å². The van der Waals surface area contributed by atoms with Gasteiger partial charge in [-0.3, -0.25) is 0 Å². The van der Waals surface area contributed by atoms with Crippen LogP contribution in [-0.4, -0.2) is 9.97 Å². The summed E-state index contributed by atoms with van der Waals surface area (Å²) in [4.78, 5) is 8.70. The summed E-state index contributed by atoms with van der Waals surface area (Å²) >= 11 is 12.1. The third-order valence-corrected chi connectivity index (χ3v) is 3.74. The fourth-order valence-electron chi connectivity index (χ4n) is 1.81. The highest BCUT2D eigenvalue weighted by atomic mass is 35.5. The minimum Gasteiger partial charge on any atom is -0.384 e. The predicted molar refractivity (Wildman–Crippen MR) is 78.2 cm³/mol. The average molecular weight is 295 g/mol. The van der Waals surface area contributed by atoms with Crippen molar-refractivity contribution in [2.75, 3.05) is 11.1 Å². The van der Waals surface area contributed by atoms with Gasteiger partial charge >= 0.3 is 0 Å². The van der Waals surface area contributed by atoms with E-state index in [0.717, 1.165) is 18.7 Å². The van der Waals surface area contributed by atoms with E-state index in [1.807, 2.05) is 12.1 Å². The molecule has 3 rings (SSSR count). The smallest absolute Gasteiger partial charge is 0.136 e. The summed E-state index contributed by atoms with van der Waals surface area (Å²) in [6.45, 7) is 0. The average Bonchev–Trinajstić information content (AvgIpc) is 3.18. The lowest BCUT2D eigenvalue weighted by atomic mass is 10.3. The lowest BCUT2D eigenvalue weighted by molar-refractivity contribution is 0.936. The number of nitrogen functional groups attached to an aromatic ring is 1. The Morgan fingerprint density at radius 1 is 1.21 bits per heavy atom. The highest BCUT2D eigenvalue weighted by Gasteiger charge is 2.27. The van der Waals surface area contributed by atoms with Gasteiger partial charge in [0.15, 0.2) is 0 Å². The van der Waals surface area contributed by atoms with Crippen LogP contribution >= 0.6 is 23.2 Å². The Bertz CT molecular complexity index is 626. The first-order chi connectivity index (χ1) is 9.13. The molecule has 2 aromatic rings. The molecule has 1 saturated carbocycles. The summed E-state index contributed by atoms with van der Waals surface area (Å²) in [6, 6.07) is 7.08. The van der Waals surface area contributed by atoms with Crippen molar-refractivity contribution in [3.63, 3.8) is 0 Å². The van der Waals surface area contributed by atoms with E-state index in [1.165, 1.54) is 0 Å². The van der Waals surface area contributed by atoms with Crippen molar-refractivity contribution in [1.82, 2.24) is 9.97 Å². The topological polar surface area (TPSA) is 63.8 Å². The number of anilines is 3. The first kappa shape index (κ1) is 12.5. The lowest BCUT2D eigenvalue weighted by Gasteiger charge is -2.10. The van der Waals surface area contributed by atoms with E-state index in [4.69, 9.17) is 28.9 Å². The van der Waals surface area contributed by atoms with Crippen LogP contribution < -0.4 is 11.1 Å². The number of nitrogens with one attached hydrogen (secondary N) is 1. The minimum absolute atomic E-state index is 0.443. The van der Waals surface area contributed by atoms with E-state index in [2.05, 4.69) is 15.3 Å². The molecule has 1 aliphatic carbocycles. The Labute approximate surface area is 121 Å². The molecule has 0 spiro atoms. The Morgan fingerprint density at radius 3 is 2.74 bits per heavy atom. The summed E-state index contributed by atoms with van der Waals surface area (Å²) in [5.41, 5.74) is 6.50. The van der Waals surface area contributed by atoms with Crippen molar-refractivity contribution in [3.05, 3.63) is 40.1 Å². The molecule has 6 heteroatoms.